The summed E-state index contributed by atoms with van der Waals surface area (Å²) in [5.74, 6) is 0.159. The lowest BCUT2D eigenvalue weighted by Crippen LogP contribution is -2.42. The summed E-state index contributed by atoms with van der Waals surface area (Å²) in [6, 6.07) is 7.71. The van der Waals surface area contributed by atoms with Crippen molar-refractivity contribution in [2.75, 3.05) is 18.9 Å². The molecular formula is C20H33N3O3. The van der Waals surface area contributed by atoms with Gasteiger partial charge in [0.1, 0.15) is 0 Å². The fourth-order valence-corrected chi connectivity index (χ4v) is 3.02. The molecule has 0 spiro atoms. The Bertz CT molecular complexity index is 531. The summed E-state index contributed by atoms with van der Waals surface area (Å²) in [6.45, 7) is 2.51. The van der Waals surface area contributed by atoms with Gasteiger partial charge in [-0.15, -0.1) is 0 Å². The number of carbonyl (C=O) groups is 2. The van der Waals surface area contributed by atoms with E-state index in [0.717, 1.165) is 37.8 Å². The van der Waals surface area contributed by atoms with Crippen molar-refractivity contribution in [3.05, 3.63) is 29.8 Å². The zero-order valence-electron chi connectivity index (χ0n) is 15.7. The Balaban J connectivity index is 0.000000314. The number of nitrogen functional groups attached to an aromatic ring is 1. The highest BCUT2D eigenvalue weighted by Crippen LogP contribution is 2.23. The third-order valence-electron chi connectivity index (χ3n) is 4.62. The summed E-state index contributed by atoms with van der Waals surface area (Å²) in [5, 5.41) is 14.5. The van der Waals surface area contributed by atoms with Crippen molar-refractivity contribution < 1.29 is 14.7 Å². The van der Waals surface area contributed by atoms with E-state index in [1.54, 1.807) is 0 Å². The molecule has 1 aliphatic carbocycles. The average Bonchev–Trinajstić information content (AvgIpc) is 2.68. The Labute approximate surface area is 156 Å². The van der Waals surface area contributed by atoms with Gasteiger partial charge in [-0.05, 0) is 43.4 Å². The number of aliphatic hydroxyl groups excluding tert-OH is 1. The topological polar surface area (TPSA) is 104 Å². The third kappa shape index (κ3) is 8.85. The lowest BCUT2D eigenvalue weighted by atomic mass is 9.88. The molecular weight excluding hydrogens is 330 g/mol. The van der Waals surface area contributed by atoms with Gasteiger partial charge in [0, 0.05) is 18.2 Å². The number of nitrogens with one attached hydrogen (secondary N) is 2. The Kier molecular flexibility index (Phi) is 11.1. The van der Waals surface area contributed by atoms with Crippen molar-refractivity contribution in [2.24, 2.45) is 5.92 Å². The van der Waals surface area contributed by atoms with Gasteiger partial charge in [0.25, 0.3) is 0 Å². The molecule has 1 aromatic rings. The number of anilines is 1. The second-order valence-corrected chi connectivity index (χ2v) is 6.68. The van der Waals surface area contributed by atoms with Crippen molar-refractivity contribution in [2.45, 2.75) is 57.9 Å². The van der Waals surface area contributed by atoms with Crippen molar-refractivity contribution in [1.29, 1.82) is 0 Å². The highest BCUT2D eigenvalue weighted by molar-refractivity contribution is 5.79. The molecule has 6 nitrogen and oxygen atoms in total. The quantitative estimate of drug-likeness (QED) is 0.322. The van der Waals surface area contributed by atoms with Gasteiger partial charge in [0.05, 0.1) is 12.6 Å². The van der Waals surface area contributed by atoms with Gasteiger partial charge in [0.2, 0.25) is 12.3 Å². The van der Waals surface area contributed by atoms with Crippen LogP contribution in [-0.4, -0.2) is 36.6 Å². The van der Waals surface area contributed by atoms with Crippen molar-refractivity contribution in [1.82, 2.24) is 10.6 Å². The molecule has 1 fully saturated rings. The molecule has 1 aromatic carbocycles. The van der Waals surface area contributed by atoms with E-state index < -0.39 is 0 Å². The van der Waals surface area contributed by atoms with Crippen LogP contribution in [0.5, 0.6) is 0 Å². The van der Waals surface area contributed by atoms with Crippen LogP contribution in [0.3, 0.4) is 0 Å². The first kappa shape index (κ1) is 22.0. The van der Waals surface area contributed by atoms with E-state index in [-0.39, 0.29) is 24.5 Å². The number of hydrogen-bond donors (Lipinski definition) is 4. The Hall–Kier alpha value is -2.08. The van der Waals surface area contributed by atoms with Crippen LogP contribution in [-0.2, 0) is 16.0 Å². The van der Waals surface area contributed by atoms with Crippen LogP contribution in [0.1, 0.15) is 51.0 Å². The van der Waals surface area contributed by atoms with Crippen LogP contribution in [0.4, 0.5) is 5.69 Å². The van der Waals surface area contributed by atoms with Gasteiger partial charge in [0.15, 0.2) is 0 Å². The molecule has 0 aromatic heterocycles. The summed E-state index contributed by atoms with van der Waals surface area (Å²) in [7, 11) is 0. The lowest BCUT2D eigenvalue weighted by molar-refractivity contribution is -0.127. The second kappa shape index (κ2) is 13.2. The maximum absolute atomic E-state index is 11.9. The largest absolute Gasteiger partial charge is 0.399 e. The predicted octanol–water partition coefficient (Wildman–Crippen LogP) is 2.01. The molecule has 1 aliphatic rings. The predicted molar refractivity (Wildman–Crippen MR) is 105 cm³/mol. The van der Waals surface area contributed by atoms with Gasteiger partial charge in [-0.25, -0.2) is 0 Å². The molecule has 2 amide bonds. The van der Waals surface area contributed by atoms with Crippen LogP contribution >= 0.6 is 0 Å². The van der Waals surface area contributed by atoms with Gasteiger partial charge < -0.3 is 21.5 Å². The molecule has 6 heteroatoms. The van der Waals surface area contributed by atoms with E-state index in [1.807, 2.05) is 18.2 Å². The van der Waals surface area contributed by atoms with E-state index in [0.29, 0.717) is 19.4 Å². The lowest BCUT2D eigenvalue weighted by Gasteiger charge is -2.24. The summed E-state index contributed by atoms with van der Waals surface area (Å²) in [4.78, 5) is 22.0. The minimum Gasteiger partial charge on any atom is -0.399 e. The highest BCUT2D eigenvalue weighted by atomic mass is 16.3. The smallest absolute Gasteiger partial charge is 0.223 e. The minimum atomic E-state index is -0.253. The van der Waals surface area contributed by atoms with Crippen LogP contribution < -0.4 is 16.4 Å². The molecule has 1 atom stereocenters. The zero-order valence-corrected chi connectivity index (χ0v) is 15.7. The van der Waals surface area contributed by atoms with Gasteiger partial charge in [-0.3, -0.25) is 9.59 Å². The van der Waals surface area contributed by atoms with E-state index in [4.69, 9.17) is 10.8 Å². The molecule has 146 valence electrons. The summed E-state index contributed by atoms with van der Waals surface area (Å²) >= 11 is 0. The summed E-state index contributed by atoms with van der Waals surface area (Å²) in [6.07, 6.45) is 7.61. The first-order valence-corrected chi connectivity index (χ1v) is 9.53. The molecule has 0 heterocycles. The highest BCUT2D eigenvalue weighted by Gasteiger charge is 2.22. The third-order valence-corrected chi connectivity index (χ3v) is 4.62. The number of carbonyl (C=O) groups excluding carboxylic acids is 2. The molecule has 1 saturated carbocycles. The Morgan fingerprint density at radius 2 is 2.08 bits per heavy atom. The molecule has 0 bridgehead atoms. The van der Waals surface area contributed by atoms with Crippen LogP contribution in [0, 0.1) is 5.92 Å². The second-order valence-electron chi connectivity index (χ2n) is 6.68. The van der Waals surface area contributed by atoms with E-state index in [1.165, 1.54) is 12.0 Å². The van der Waals surface area contributed by atoms with E-state index in [2.05, 4.69) is 23.6 Å². The first-order valence-electron chi connectivity index (χ1n) is 9.53. The number of aryl methyl sites for hydroxylation is 1. The number of hydrogen-bond acceptors (Lipinski definition) is 4. The van der Waals surface area contributed by atoms with Gasteiger partial charge in [-0.1, -0.05) is 38.3 Å². The maximum Gasteiger partial charge on any atom is 0.223 e. The Morgan fingerprint density at radius 1 is 1.35 bits per heavy atom. The minimum absolute atomic E-state index is 0.0508. The SMILES string of the molecule is CCc1cccc(N)c1.O=CNCCC(CO)NC(=O)C1CCCCC1. The zero-order chi connectivity index (χ0) is 19.2. The van der Waals surface area contributed by atoms with Crippen molar-refractivity contribution in [3.8, 4) is 0 Å². The molecule has 26 heavy (non-hydrogen) atoms. The summed E-state index contributed by atoms with van der Waals surface area (Å²) in [5.41, 5.74) is 7.69. The summed E-state index contributed by atoms with van der Waals surface area (Å²) < 4.78 is 0. The van der Waals surface area contributed by atoms with E-state index in [9.17, 15) is 9.59 Å². The number of benzene rings is 1. The molecule has 0 radical (unpaired) electrons. The van der Waals surface area contributed by atoms with Crippen molar-refractivity contribution in [3.63, 3.8) is 0 Å². The average molecular weight is 364 g/mol. The Morgan fingerprint density at radius 3 is 2.62 bits per heavy atom. The monoisotopic (exact) mass is 363 g/mol. The van der Waals surface area contributed by atoms with Gasteiger partial charge in [-0.2, -0.15) is 0 Å². The van der Waals surface area contributed by atoms with Crippen LogP contribution in [0.15, 0.2) is 24.3 Å². The van der Waals surface area contributed by atoms with E-state index >= 15 is 0 Å². The molecule has 0 saturated heterocycles. The van der Waals surface area contributed by atoms with Crippen LogP contribution in [0.25, 0.3) is 0 Å². The number of nitrogens with two attached hydrogens (primary N) is 1. The molecule has 1 unspecified atom stereocenters. The fourth-order valence-electron chi connectivity index (χ4n) is 3.02. The van der Waals surface area contributed by atoms with Gasteiger partial charge >= 0.3 is 0 Å². The van der Waals surface area contributed by atoms with Crippen molar-refractivity contribution >= 4 is 18.0 Å². The molecule has 0 aliphatic heterocycles. The fraction of sp³-hybridized carbons (Fsp3) is 0.600. The van der Waals surface area contributed by atoms with Crippen LogP contribution in [0.2, 0.25) is 0 Å². The number of rotatable bonds is 8. The standard InChI is InChI=1S/C12H22N2O3.C8H11N/c15-8-11(6-7-13-9-16)14-12(17)10-4-2-1-3-5-10;1-2-7-4-3-5-8(9)6-7/h9-11,15H,1-8H2,(H,13,16)(H,14,17);3-6H,2,9H2,1H3. The number of aliphatic hydroxyl groups is 1. The first-order chi connectivity index (χ1) is 12.6. The maximum atomic E-state index is 11.9. The number of amides is 2. The molecule has 5 N–H and O–H groups in total. The molecule has 2 rings (SSSR count). The normalized spacial score (nSPS) is 15.3.